The molecule has 1 saturated heterocycles. The van der Waals surface area contributed by atoms with E-state index in [2.05, 4.69) is 16.6 Å². The first-order chi connectivity index (χ1) is 7.38. The van der Waals surface area contributed by atoms with Crippen LogP contribution in [0.3, 0.4) is 0 Å². The molecule has 2 atom stereocenters. The molecular formula is C10H20ClF3N2O. The fraction of sp³-hybridized carbons (Fsp3) is 1.00. The van der Waals surface area contributed by atoms with Crippen LogP contribution < -0.4 is 5.73 Å². The molecule has 0 amide bonds. The van der Waals surface area contributed by atoms with Crippen LogP contribution in [0.15, 0.2) is 0 Å². The smallest absolute Gasteiger partial charge is 0.371 e. The molecule has 1 rings (SSSR count). The zero-order valence-electron chi connectivity index (χ0n) is 9.87. The summed E-state index contributed by atoms with van der Waals surface area (Å²) in [6.07, 6.45) is -3.32. The molecule has 104 valence electrons. The van der Waals surface area contributed by atoms with Crippen LogP contribution in [-0.2, 0) is 4.74 Å². The Morgan fingerprint density at radius 1 is 1.41 bits per heavy atom. The summed E-state index contributed by atoms with van der Waals surface area (Å²) in [5, 5.41) is 0. The first-order valence-corrected chi connectivity index (χ1v) is 5.51. The van der Waals surface area contributed by atoms with E-state index >= 15 is 0 Å². The predicted molar refractivity (Wildman–Crippen MR) is 62.3 cm³/mol. The van der Waals surface area contributed by atoms with Crippen LogP contribution in [0.2, 0.25) is 0 Å². The molecule has 0 aromatic heterocycles. The van der Waals surface area contributed by atoms with Crippen molar-refractivity contribution in [2.24, 2.45) is 11.7 Å². The van der Waals surface area contributed by atoms with Crippen LogP contribution in [0.1, 0.15) is 13.3 Å². The first kappa shape index (κ1) is 17.0. The van der Waals surface area contributed by atoms with Gasteiger partial charge in [-0.2, -0.15) is 13.2 Å². The van der Waals surface area contributed by atoms with Crippen molar-refractivity contribution >= 4 is 12.4 Å². The standard InChI is InChI=1S/C10H19F3N2O.ClH/c1-8-6-15(3-2-9(8)14)4-5-16-7-10(11,12)13;/h8-9H,2-7,14H2,1H3;1H. The van der Waals surface area contributed by atoms with Gasteiger partial charge >= 0.3 is 6.18 Å². The molecule has 1 aliphatic heterocycles. The molecule has 1 fully saturated rings. The van der Waals surface area contributed by atoms with E-state index in [1.54, 1.807) is 0 Å². The van der Waals surface area contributed by atoms with Gasteiger partial charge < -0.3 is 15.4 Å². The Balaban J connectivity index is 0.00000256. The quantitative estimate of drug-likeness (QED) is 0.794. The molecule has 7 heteroatoms. The Morgan fingerprint density at radius 2 is 2.06 bits per heavy atom. The lowest BCUT2D eigenvalue weighted by molar-refractivity contribution is -0.174. The summed E-state index contributed by atoms with van der Waals surface area (Å²) in [6, 6.07) is 0.215. The van der Waals surface area contributed by atoms with E-state index < -0.39 is 12.8 Å². The van der Waals surface area contributed by atoms with Gasteiger partial charge in [0.25, 0.3) is 0 Å². The molecule has 0 aromatic carbocycles. The molecular weight excluding hydrogens is 257 g/mol. The van der Waals surface area contributed by atoms with Crippen molar-refractivity contribution in [2.75, 3.05) is 32.8 Å². The van der Waals surface area contributed by atoms with E-state index in [-0.39, 0.29) is 25.1 Å². The summed E-state index contributed by atoms with van der Waals surface area (Å²) < 4.78 is 39.9. The molecule has 0 aliphatic carbocycles. The maximum absolute atomic E-state index is 11.8. The van der Waals surface area contributed by atoms with E-state index in [9.17, 15) is 13.2 Å². The fourth-order valence-corrected chi connectivity index (χ4v) is 1.83. The number of halogens is 4. The molecule has 0 aromatic rings. The van der Waals surface area contributed by atoms with Gasteiger partial charge in [0.2, 0.25) is 0 Å². The number of alkyl halides is 3. The van der Waals surface area contributed by atoms with Crippen LogP contribution in [0.4, 0.5) is 13.2 Å². The van der Waals surface area contributed by atoms with Crippen molar-refractivity contribution in [3.63, 3.8) is 0 Å². The molecule has 0 saturated carbocycles. The van der Waals surface area contributed by atoms with Crippen molar-refractivity contribution in [1.82, 2.24) is 4.90 Å². The van der Waals surface area contributed by atoms with Crippen molar-refractivity contribution < 1.29 is 17.9 Å². The number of hydrogen-bond donors (Lipinski definition) is 1. The van der Waals surface area contributed by atoms with E-state index in [1.807, 2.05) is 0 Å². The average molecular weight is 277 g/mol. The molecule has 1 aliphatic rings. The molecule has 2 N–H and O–H groups in total. The van der Waals surface area contributed by atoms with Gasteiger partial charge in [0.1, 0.15) is 6.61 Å². The maximum Gasteiger partial charge on any atom is 0.411 e. The second-order valence-corrected chi connectivity index (χ2v) is 4.40. The Kier molecular flexibility index (Phi) is 7.39. The van der Waals surface area contributed by atoms with E-state index in [0.717, 1.165) is 19.5 Å². The molecule has 3 nitrogen and oxygen atoms in total. The lowest BCUT2D eigenvalue weighted by Gasteiger charge is -2.34. The van der Waals surface area contributed by atoms with Crippen LogP contribution in [0, 0.1) is 5.92 Å². The summed E-state index contributed by atoms with van der Waals surface area (Å²) in [5.74, 6) is 0.399. The van der Waals surface area contributed by atoms with Crippen molar-refractivity contribution in [1.29, 1.82) is 0 Å². The number of nitrogens with two attached hydrogens (primary N) is 1. The highest BCUT2D eigenvalue weighted by Crippen LogP contribution is 2.16. The van der Waals surface area contributed by atoms with Gasteiger partial charge in [0, 0.05) is 19.1 Å². The molecule has 0 bridgehead atoms. The van der Waals surface area contributed by atoms with Gasteiger partial charge in [0.15, 0.2) is 0 Å². The van der Waals surface area contributed by atoms with Gasteiger partial charge in [-0.05, 0) is 18.9 Å². The van der Waals surface area contributed by atoms with Crippen molar-refractivity contribution in [3.05, 3.63) is 0 Å². The van der Waals surface area contributed by atoms with Gasteiger partial charge in [-0.1, -0.05) is 6.92 Å². The molecule has 17 heavy (non-hydrogen) atoms. The van der Waals surface area contributed by atoms with Gasteiger partial charge in [-0.25, -0.2) is 0 Å². The maximum atomic E-state index is 11.8. The summed E-state index contributed by atoms with van der Waals surface area (Å²) in [6.45, 7) is 3.27. The number of likely N-dealkylation sites (tertiary alicyclic amines) is 1. The number of nitrogens with zero attached hydrogens (tertiary/aromatic N) is 1. The first-order valence-electron chi connectivity index (χ1n) is 5.51. The summed E-state index contributed by atoms with van der Waals surface area (Å²) in [7, 11) is 0. The molecule has 1 heterocycles. The average Bonchev–Trinajstić information content (AvgIpc) is 2.17. The largest absolute Gasteiger partial charge is 0.411 e. The number of piperidine rings is 1. The SMILES string of the molecule is CC1CN(CCOCC(F)(F)F)CCC1N.Cl. The lowest BCUT2D eigenvalue weighted by atomic mass is 9.95. The number of ether oxygens (including phenoxy) is 1. The predicted octanol–water partition coefficient (Wildman–Crippen LogP) is 1.66. The van der Waals surface area contributed by atoms with E-state index in [0.29, 0.717) is 12.5 Å². The monoisotopic (exact) mass is 276 g/mol. The minimum atomic E-state index is -4.22. The van der Waals surface area contributed by atoms with Crippen LogP contribution in [0.5, 0.6) is 0 Å². The van der Waals surface area contributed by atoms with Crippen LogP contribution in [-0.4, -0.2) is 50.0 Å². The van der Waals surface area contributed by atoms with Gasteiger partial charge in [-0.3, -0.25) is 0 Å². The highest BCUT2D eigenvalue weighted by Gasteiger charge is 2.27. The lowest BCUT2D eigenvalue weighted by Crippen LogP contribution is -2.46. The molecule has 0 radical (unpaired) electrons. The Hall–Kier alpha value is -0.0400. The van der Waals surface area contributed by atoms with Crippen LogP contribution in [0.25, 0.3) is 0 Å². The second kappa shape index (κ2) is 7.41. The van der Waals surface area contributed by atoms with Crippen LogP contribution >= 0.6 is 12.4 Å². The number of rotatable bonds is 4. The Labute approximate surface area is 106 Å². The van der Waals surface area contributed by atoms with E-state index in [4.69, 9.17) is 5.73 Å². The zero-order valence-corrected chi connectivity index (χ0v) is 10.7. The Morgan fingerprint density at radius 3 is 2.59 bits per heavy atom. The third-order valence-electron chi connectivity index (χ3n) is 2.87. The van der Waals surface area contributed by atoms with E-state index in [1.165, 1.54) is 0 Å². The third-order valence-corrected chi connectivity index (χ3v) is 2.87. The van der Waals surface area contributed by atoms with Gasteiger partial charge in [-0.15, -0.1) is 12.4 Å². The summed E-state index contributed by atoms with van der Waals surface area (Å²) >= 11 is 0. The summed E-state index contributed by atoms with van der Waals surface area (Å²) in [4.78, 5) is 2.10. The van der Waals surface area contributed by atoms with Gasteiger partial charge in [0.05, 0.1) is 6.61 Å². The second-order valence-electron chi connectivity index (χ2n) is 4.40. The molecule has 2 unspecified atom stereocenters. The highest BCUT2D eigenvalue weighted by molar-refractivity contribution is 5.85. The normalized spacial score (nSPS) is 26.6. The topological polar surface area (TPSA) is 38.5 Å². The minimum Gasteiger partial charge on any atom is -0.371 e. The fourth-order valence-electron chi connectivity index (χ4n) is 1.83. The molecule has 0 spiro atoms. The Bertz CT molecular complexity index is 216. The summed E-state index contributed by atoms with van der Waals surface area (Å²) in [5.41, 5.74) is 5.85. The third kappa shape index (κ3) is 7.08. The zero-order chi connectivity index (χ0) is 12.2. The highest BCUT2D eigenvalue weighted by atomic mass is 35.5. The van der Waals surface area contributed by atoms with Crippen molar-refractivity contribution in [3.8, 4) is 0 Å². The number of hydrogen-bond acceptors (Lipinski definition) is 3. The minimum absolute atomic E-state index is 0. The van der Waals surface area contributed by atoms with Crippen molar-refractivity contribution in [2.45, 2.75) is 25.6 Å².